The van der Waals surface area contributed by atoms with Crippen molar-refractivity contribution in [1.29, 1.82) is 0 Å². The monoisotopic (exact) mass is 267 g/mol. The van der Waals surface area contributed by atoms with Crippen molar-refractivity contribution in [2.75, 3.05) is 33.4 Å². The van der Waals surface area contributed by atoms with Gasteiger partial charge in [-0.05, 0) is 20.3 Å². The Morgan fingerprint density at radius 1 is 1.53 bits per heavy atom. The summed E-state index contributed by atoms with van der Waals surface area (Å²) in [7, 11) is 1.74. The third-order valence-electron chi connectivity index (χ3n) is 3.46. The molecule has 1 aliphatic rings. The number of nitrogens with zero attached hydrogens (tertiary/aromatic N) is 3. The van der Waals surface area contributed by atoms with Crippen LogP contribution < -0.4 is 0 Å². The van der Waals surface area contributed by atoms with Crippen molar-refractivity contribution in [1.82, 2.24) is 14.7 Å². The van der Waals surface area contributed by atoms with Gasteiger partial charge in [-0.2, -0.15) is 5.10 Å². The molecule has 108 valence electrons. The second-order valence-corrected chi connectivity index (χ2v) is 5.43. The van der Waals surface area contributed by atoms with Crippen molar-refractivity contribution in [3.05, 3.63) is 18.0 Å². The molecule has 1 aliphatic heterocycles. The van der Waals surface area contributed by atoms with E-state index in [1.165, 1.54) is 5.56 Å². The Labute approximate surface area is 115 Å². The van der Waals surface area contributed by atoms with Crippen LogP contribution in [0, 0.1) is 0 Å². The highest BCUT2D eigenvalue weighted by molar-refractivity contribution is 5.04. The van der Waals surface area contributed by atoms with Gasteiger partial charge < -0.3 is 9.47 Å². The van der Waals surface area contributed by atoms with E-state index in [2.05, 4.69) is 30.0 Å². The minimum Gasteiger partial charge on any atom is -0.385 e. The van der Waals surface area contributed by atoms with Crippen LogP contribution in [0.3, 0.4) is 0 Å². The van der Waals surface area contributed by atoms with E-state index in [9.17, 15) is 0 Å². The maximum Gasteiger partial charge on any atom is 0.0724 e. The van der Waals surface area contributed by atoms with E-state index in [1.807, 2.05) is 10.9 Å². The van der Waals surface area contributed by atoms with Gasteiger partial charge in [0, 0.05) is 51.2 Å². The standard InChI is InChI=1S/C14H25N3O2/c1-12(2)17-10-13(8-15-17)9-16-5-7-19-14(11-16)4-6-18-3/h8,10,12,14H,4-7,9,11H2,1-3H3/t14-/m0/s1. The van der Waals surface area contributed by atoms with Gasteiger partial charge in [0.05, 0.1) is 18.9 Å². The van der Waals surface area contributed by atoms with Crippen LogP contribution in [0.4, 0.5) is 0 Å². The molecular formula is C14H25N3O2. The lowest BCUT2D eigenvalue weighted by atomic mass is 10.2. The van der Waals surface area contributed by atoms with Gasteiger partial charge in [-0.3, -0.25) is 9.58 Å². The highest BCUT2D eigenvalue weighted by atomic mass is 16.5. The largest absolute Gasteiger partial charge is 0.385 e. The molecule has 19 heavy (non-hydrogen) atoms. The quantitative estimate of drug-likeness (QED) is 0.786. The van der Waals surface area contributed by atoms with Gasteiger partial charge in [-0.15, -0.1) is 0 Å². The molecule has 5 heteroatoms. The van der Waals surface area contributed by atoms with E-state index in [1.54, 1.807) is 7.11 Å². The molecule has 0 N–H and O–H groups in total. The Morgan fingerprint density at radius 3 is 3.05 bits per heavy atom. The number of hydrogen-bond donors (Lipinski definition) is 0. The molecule has 1 fully saturated rings. The van der Waals surface area contributed by atoms with Crippen LogP contribution in [0.25, 0.3) is 0 Å². The first kappa shape index (κ1) is 14.5. The van der Waals surface area contributed by atoms with Crippen molar-refractivity contribution < 1.29 is 9.47 Å². The van der Waals surface area contributed by atoms with Gasteiger partial charge >= 0.3 is 0 Å². The Kier molecular flexibility index (Phi) is 5.36. The van der Waals surface area contributed by atoms with Crippen molar-refractivity contribution in [2.24, 2.45) is 0 Å². The summed E-state index contributed by atoms with van der Waals surface area (Å²) >= 11 is 0. The van der Waals surface area contributed by atoms with Gasteiger partial charge in [-0.25, -0.2) is 0 Å². The SMILES string of the molecule is COCC[C@H]1CN(Cc2cnn(C(C)C)c2)CCO1. The molecule has 0 saturated carbocycles. The molecule has 0 aromatic carbocycles. The zero-order valence-corrected chi connectivity index (χ0v) is 12.2. The van der Waals surface area contributed by atoms with E-state index >= 15 is 0 Å². The minimum absolute atomic E-state index is 0.300. The number of rotatable bonds is 6. The molecule has 0 amide bonds. The second kappa shape index (κ2) is 7.03. The van der Waals surface area contributed by atoms with E-state index in [4.69, 9.17) is 9.47 Å². The Bertz CT molecular complexity index is 379. The third kappa shape index (κ3) is 4.30. The van der Waals surface area contributed by atoms with Crippen molar-refractivity contribution in [3.8, 4) is 0 Å². The maximum atomic E-state index is 5.75. The topological polar surface area (TPSA) is 39.5 Å². The van der Waals surface area contributed by atoms with Gasteiger partial charge in [-0.1, -0.05) is 0 Å². The van der Waals surface area contributed by atoms with Crippen LogP contribution >= 0.6 is 0 Å². The van der Waals surface area contributed by atoms with Crippen LogP contribution in [0.5, 0.6) is 0 Å². The summed E-state index contributed by atoms with van der Waals surface area (Å²) in [5.41, 5.74) is 1.28. The predicted molar refractivity (Wildman–Crippen MR) is 74.1 cm³/mol. The normalized spacial score (nSPS) is 21.2. The highest BCUT2D eigenvalue weighted by Crippen LogP contribution is 2.13. The molecular weight excluding hydrogens is 242 g/mol. The van der Waals surface area contributed by atoms with Crippen LogP contribution in [0.15, 0.2) is 12.4 Å². The molecule has 5 nitrogen and oxygen atoms in total. The first-order valence-electron chi connectivity index (χ1n) is 7.05. The average molecular weight is 267 g/mol. The zero-order valence-electron chi connectivity index (χ0n) is 12.2. The van der Waals surface area contributed by atoms with Gasteiger partial charge in [0.1, 0.15) is 0 Å². The Hall–Kier alpha value is -0.910. The van der Waals surface area contributed by atoms with Crippen LogP contribution in [-0.2, 0) is 16.0 Å². The molecule has 0 bridgehead atoms. The van der Waals surface area contributed by atoms with Crippen LogP contribution in [-0.4, -0.2) is 54.2 Å². The Balaban J connectivity index is 1.84. The fourth-order valence-electron chi connectivity index (χ4n) is 2.35. The van der Waals surface area contributed by atoms with Gasteiger partial charge in [0.15, 0.2) is 0 Å². The number of morpholine rings is 1. The predicted octanol–water partition coefficient (Wildman–Crippen LogP) is 1.70. The lowest BCUT2D eigenvalue weighted by Gasteiger charge is -2.32. The molecule has 0 radical (unpaired) electrons. The molecule has 1 atom stereocenters. The number of aromatic nitrogens is 2. The number of ether oxygens (including phenoxy) is 2. The van der Waals surface area contributed by atoms with Crippen molar-refractivity contribution in [3.63, 3.8) is 0 Å². The molecule has 1 aromatic rings. The summed E-state index contributed by atoms with van der Waals surface area (Å²) in [6.45, 7) is 8.81. The van der Waals surface area contributed by atoms with Gasteiger partial charge in [0.2, 0.25) is 0 Å². The average Bonchev–Trinajstić information content (AvgIpc) is 2.85. The summed E-state index contributed by atoms with van der Waals surface area (Å²) in [5, 5.41) is 4.39. The smallest absolute Gasteiger partial charge is 0.0724 e. The van der Waals surface area contributed by atoms with Crippen molar-refractivity contribution >= 4 is 0 Å². The third-order valence-corrected chi connectivity index (χ3v) is 3.46. The molecule has 1 saturated heterocycles. The Morgan fingerprint density at radius 2 is 2.37 bits per heavy atom. The number of hydrogen-bond acceptors (Lipinski definition) is 4. The lowest BCUT2D eigenvalue weighted by Crippen LogP contribution is -2.42. The summed E-state index contributed by atoms with van der Waals surface area (Å²) in [6.07, 6.45) is 5.39. The van der Waals surface area contributed by atoms with E-state index in [-0.39, 0.29) is 0 Å². The molecule has 1 aromatic heterocycles. The highest BCUT2D eigenvalue weighted by Gasteiger charge is 2.20. The van der Waals surface area contributed by atoms with E-state index < -0.39 is 0 Å². The second-order valence-electron chi connectivity index (χ2n) is 5.43. The van der Waals surface area contributed by atoms with E-state index in [0.29, 0.717) is 12.1 Å². The van der Waals surface area contributed by atoms with Crippen LogP contribution in [0.2, 0.25) is 0 Å². The zero-order chi connectivity index (χ0) is 13.7. The minimum atomic E-state index is 0.300. The summed E-state index contributed by atoms with van der Waals surface area (Å²) in [6, 6.07) is 0.424. The van der Waals surface area contributed by atoms with Gasteiger partial charge in [0.25, 0.3) is 0 Å². The molecule has 2 rings (SSSR count). The first-order valence-corrected chi connectivity index (χ1v) is 7.05. The lowest BCUT2D eigenvalue weighted by molar-refractivity contribution is -0.0432. The van der Waals surface area contributed by atoms with E-state index in [0.717, 1.165) is 39.3 Å². The molecule has 0 unspecified atom stereocenters. The summed E-state index contributed by atoms with van der Waals surface area (Å²) < 4.78 is 12.9. The molecule has 0 aliphatic carbocycles. The summed E-state index contributed by atoms with van der Waals surface area (Å²) in [4.78, 5) is 2.44. The molecule has 0 spiro atoms. The van der Waals surface area contributed by atoms with Crippen molar-refractivity contribution in [2.45, 2.75) is 39.0 Å². The first-order chi connectivity index (χ1) is 9.19. The fourth-order valence-corrected chi connectivity index (χ4v) is 2.35. The maximum absolute atomic E-state index is 5.75. The number of methoxy groups -OCH3 is 1. The van der Waals surface area contributed by atoms with Crippen LogP contribution in [0.1, 0.15) is 31.9 Å². The molecule has 2 heterocycles. The fraction of sp³-hybridized carbons (Fsp3) is 0.786. The summed E-state index contributed by atoms with van der Waals surface area (Å²) in [5.74, 6) is 0.